The molecular formula is C67H94Cl2N6O4S2+2. The smallest absolute Gasteiger partial charge is 0.346 e. The molecule has 2 aromatic heterocycles. The van der Waals surface area contributed by atoms with Crippen molar-refractivity contribution in [2.75, 3.05) is 37.1 Å². The monoisotopic (exact) mass is 1180 g/mol. The summed E-state index contributed by atoms with van der Waals surface area (Å²) in [6.07, 6.45) is 35.4. The van der Waals surface area contributed by atoms with E-state index >= 15 is 0 Å². The number of unbranched alkanes of at least 4 members (excludes halogenated alkanes) is 22. The van der Waals surface area contributed by atoms with Crippen molar-refractivity contribution in [2.24, 2.45) is 0 Å². The number of thiazole rings is 2. The predicted octanol–water partition coefficient (Wildman–Crippen LogP) is 18.6. The third-order valence-electron chi connectivity index (χ3n) is 15.0. The molecule has 440 valence electrons. The number of anilines is 2. The van der Waals surface area contributed by atoms with E-state index in [1.165, 1.54) is 138 Å². The van der Waals surface area contributed by atoms with Crippen LogP contribution in [0.15, 0.2) is 103 Å². The minimum Gasteiger partial charge on any atom is -0.492 e. The number of carbonyl (C=O) groups is 2. The lowest BCUT2D eigenvalue weighted by molar-refractivity contribution is -0.701. The third-order valence-corrected chi connectivity index (χ3v) is 17.7. The summed E-state index contributed by atoms with van der Waals surface area (Å²) in [7, 11) is 3.32. The molecule has 4 aromatic carbocycles. The molecule has 14 heteroatoms. The molecule has 6 rings (SSSR count). The number of amides is 4. The first-order chi connectivity index (χ1) is 39.6. The number of aromatic nitrogens is 2. The van der Waals surface area contributed by atoms with Crippen LogP contribution in [-0.4, -0.2) is 39.4 Å². The molecule has 2 N–H and O–H groups in total. The van der Waals surface area contributed by atoms with Gasteiger partial charge in [0.25, 0.3) is 0 Å². The van der Waals surface area contributed by atoms with Gasteiger partial charge in [-0.2, -0.15) is 9.13 Å². The zero-order valence-corrected chi connectivity index (χ0v) is 52.7. The Kier molecular flexibility index (Phi) is 29.8. The summed E-state index contributed by atoms with van der Waals surface area (Å²) >= 11 is 16.7. The number of halogens is 2. The maximum atomic E-state index is 13.4. The Labute approximate surface area is 504 Å². The lowest BCUT2D eigenvalue weighted by Crippen LogP contribution is -2.40. The Morgan fingerprint density at radius 1 is 0.494 bits per heavy atom. The fourth-order valence-corrected chi connectivity index (χ4v) is 12.7. The van der Waals surface area contributed by atoms with E-state index in [0.717, 1.165) is 64.3 Å². The summed E-state index contributed by atoms with van der Waals surface area (Å²) in [5.74, 6) is 1.31. The van der Waals surface area contributed by atoms with Gasteiger partial charge in [0.1, 0.15) is 11.5 Å². The number of hydrogen-bond donors (Lipinski definition) is 2. The summed E-state index contributed by atoms with van der Waals surface area (Å²) in [6, 6.07) is 27.7. The second-order valence-corrected chi connectivity index (χ2v) is 24.7. The fraction of sp³-hybridized carbons (Fsp3) is 0.522. The minimum atomic E-state index is -0.195. The molecule has 0 aliphatic rings. The maximum absolute atomic E-state index is 13.4. The number of benzene rings is 4. The molecule has 0 atom stereocenters. The lowest BCUT2D eigenvalue weighted by atomic mass is 10.1. The van der Waals surface area contributed by atoms with Crippen LogP contribution in [0.2, 0.25) is 10.0 Å². The molecule has 0 aliphatic carbocycles. The first-order valence-corrected chi connectivity index (χ1v) is 33.0. The highest BCUT2D eigenvalue weighted by Crippen LogP contribution is 2.31. The average molecular weight is 1180 g/mol. The largest absolute Gasteiger partial charge is 0.492 e. The van der Waals surface area contributed by atoms with Crippen LogP contribution in [0.25, 0.3) is 10.0 Å². The summed E-state index contributed by atoms with van der Waals surface area (Å²) in [4.78, 5) is 31.5. The van der Waals surface area contributed by atoms with Gasteiger partial charge < -0.3 is 20.1 Å². The summed E-state index contributed by atoms with van der Waals surface area (Å²) in [5.41, 5.74) is 5.70. The van der Waals surface area contributed by atoms with E-state index in [2.05, 4.69) is 82.6 Å². The highest BCUT2D eigenvalue weighted by molar-refractivity contribution is 7.20. The van der Waals surface area contributed by atoms with Gasteiger partial charge in [0, 0.05) is 36.6 Å². The van der Waals surface area contributed by atoms with E-state index in [1.807, 2.05) is 60.7 Å². The van der Waals surface area contributed by atoms with Crippen LogP contribution in [-0.2, 0) is 26.2 Å². The van der Waals surface area contributed by atoms with Gasteiger partial charge in [0.15, 0.2) is 25.5 Å². The zero-order valence-electron chi connectivity index (χ0n) is 49.5. The van der Waals surface area contributed by atoms with E-state index < -0.39 is 0 Å². The number of rotatable bonds is 39. The topological polar surface area (TPSA) is 90.9 Å². The predicted molar refractivity (Wildman–Crippen MR) is 341 cm³/mol. The van der Waals surface area contributed by atoms with Crippen molar-refractivity contribution in [1.82, 2.24) is 10.6 Å². The highest BCUT2D eigenvalue weighted by atomic mass is 35.5. The second-order valence-electron chi connectivity index (χ2n) is 21.7. The summed E-state index contributed by atoms with van der Waals surface area (Å²) in [6.45, 7) is 9.99. The zero-order chi connectivity index (χ0) is 57.4. The van der Waals surface area contributed by atoms with Crippen LogP contribution in [0.5, 0.6) is 11.5 Å². The van der Waals surface area contributed by atoms with Gasteiger partial charge in [-0.25, -0.2) is 9.59 Å². The molecule has 0 fully saturated rings. The fourth-order valence-electron chi connectivity index (χ4n) is 10.3. The van der Waals surface area contributed by atoms with Gasteiger partial charge in [-0.1, -0.05) is 237 Å². The number of nitrogens with one attached hydrogen (secondary N) is 2. The van der Waals surface area contributed by atoms with Gasteiger partial charge in [0.05, 0.1) is 46.6 Å². The Morgan fingerprint density at radius 2 is 0.864 bits per heavy atom. The van der Waals surface area contributed by atoms with E-state index in [1.54, 1.807) is 46.6 Å². The minimum absolute atomic E-state index is 0.195. The quantitative estimate of drug-likeness (QED) is 0.0297. The van der Waals surface area contributed by atoms with Gasteiger partial charge in [-0.15, -0.1) is 0 Å². The van der Waals surface area contributed by atoms with Crippen molar-refractivity contribution < 1.29 is 28.2 Å². The highest BCUT2D eigenvalue weighted by Gasteiger charge is 2.29. The van der Waals surface area contributed by atoms with Gasteiger partial charge in [0.2, 0.25) is 0 Å². The standard InChI is InChI=1S/C67H92Cl2N6O4S2/c1-6-8-10-12-14-16-18-20-22-24-26-28-43-78-62-46-56(34-40-60(62)68)51-74(66(76)70-4)58-36-30-54(31-37-58)49-72-42-45-80-64(72)65-73(48-53(3)81-65)50-55-32-38-59(39-33-55)75(67(77)71-5)52-57-35-41-61(69)63(47-57)79-44-29-27-25-23-21-19-17-15-13-11-9-7-2/h30-42,45-48H,6-29,43-44,49-52H2,1-5H3/p+2. The van der Waals surface area contributed by atoms with E-state index in [-0.39, 0.29) is 12.1 Å². The maximum Gasteiger partial charge on any atom is 0.346 e. The SMILES string of the molecule is CCCCCCCCCCCCCCOc1cc(CN(C(=O)NC)c2ccc(C[n+]3ccsc3-c3sc(C)c[n+]3Cc3ccc(N(Cc4ccc(Cl)c(OCCCCCCCCCCCCCC)c4)C(=O)NC)cc3)cc2)ccc1Cl. The lowest BCUT2D eigenvalue weighted by Gasteiger charge is -2.23. The van der Waals surface area contributed by atoms with Crippen molar-refractivity contribution in [3.63, 3.8) is 0 Å². The van der Waals surface area contributed by atoms with Crippen LogP contribution in [0, 0.1) is 6.92 Å². The molecule has 10 nitrogen and oxygen atoms in total. The Bertz CT molecular complexity index is 2750. The number of nitrogens with zero attached hydrogens (tertiary/aromatic N) is 4. The van der Waals surface area contributed by atoms with Gasteiger partial charge in [-0.05, 0) is 79.4 Å². The first kappa shape index (κ1) is 65.0. The van der Waals surface area contributed by atoms with Crippen molar-refractivity contribution >= 4 is 69.3 Å². The molecule has 2 heterocycles. The van der Waals surface area contributed by atoms with Crippen LogP contribution < -0.4 is 39.0 Å². The molecule has 0 unspecified atom stereocenters. The molecule has 0 bridgehead atoms. The molecule has 0 saturated carbocycles. The Hall–Kier alpha value is -5.14. The molecule has 0 spiro atoms. The normalized spacial score (nSPS) is 11.2. The van der Waals surface area contributed by atoms with Crippen LogP contribution in [0.4, 0.5) is 21.0 Å². The molecule has 0 aliphatic heterocycles. The summed E-state index contributed by atoms with van der Waals surface area (Å²) in [5, 5.41) is 11.3. The summed E-state index contributed by atoms with van der Waals surface area (Å²) < 4.78 is 17.0. The Morgan fingerprint density at radius 3 is 1.26 bits per heavy atom. The second kappa shape index (κ2) is 37.1. The van der Waals surface area contributed by atoms with E-state index in [4.69, 9.17) is 32.7 Å². The number of carbonyl (C=O) groups excluding carboxylic acids is 2. The van der Waals surface area contributed by atoms with E-state index in [0.29, 0.717) is 60.9 Å². The van der Waals surface area contributed by atoms with Crippen molar-refractivity contribution in [3.05, 3.63) is 140 Å². The Balaban J connectivity index is 0.999. The molecule has 6 aromatic rings. The molecular weight excluding hydrogens is 1090 g/mol. The third kappa shape index (κ3) is 22.5. The first-order valence-electron chi connectivity index (χ1n) is 30.6. The van der Waals surface area contributed by atoms with Crippen LogP contribution >= 0.6 is 45.9 Å². The van der Waals surface area contributed by atoms with Crippen molar-refractivity contribution in [3.8, 4) is 21.5 Å². The van der Waals surface area contributed by atoms with Gasteiger partial charge >= 0.3 is 22.1 Å². The van der Waals surface area contributed by atoms with Crippen LogP contribution in [0.3, 0.4) is 0 Å². The molecule has 0 saturated heterocycles. The van der Waals surface area contributed by atoms with Crippen LogP contribution in [0.1, 0.15) is 195 Å². The molecule has 81 heavy (non-hydrogen) atoms. The number of hydrogen-bond acceptors (Lipinski definition) is 6. The van der Waals surface area contributed by atoms with E-state index in [9.17, 15) is 9.59 Å². The van der Waals surface area contributed by atoms with Crippen molar-refractivity contribution in [1.29, 1.82) is 0 Å². The molecule has 0 radical (unpaired) electrons. The number of ether oxygens (including phenoxy) is 2. The molecule has 4 amide bonds. The van der Waals surface area contributed by atoms with Gasteiger partial charge in [-0.3, -0.25) is 9.80 Å². The number of aryl methyl sites for hydroxylation is 1. The average Bonchev–Trinajstić information content (AvgIpc) is 4.11. The number of urea groups is 2. The van der Waals surface area contributed by atoms with Crippen molar-refractivity contribution in [2.45, 2.75) is 201 Å².